The van der Waals surface area contributed by atoms with Gasteiger partial charge in [-0.3, -0.25) is 9.89 Å². The molecule has 3 aromatic rings. The first-order valence-corrected chi connectivity index (χ1v) is 8.46. The van der Waals surface area contributed by atoms with E-state index in [1.54, 1.807) is 12.3 Å². The number of nitrogens with one attached hydrogen (secondary N) is 2. The highest BCUT2D eigenvalue weighted by Crippen LogP contribution is 2.20. The molecule has 0 radical (unpaired) electrons. The van der Waals surface area contributed by atoms with Crippen LogP contribution in [-0.4, -0.2) is 37.0 Å². The van der Waals surface area contributed by atoms with Gasteiger partial charge in [0.1, 0.15) is 5.69 Å². The maximum Gasteiger partial charge on any atom is 0.356 e. The van der Waals surface area contributed by atoms with Gasteiger partial charge in [0.05, 0.1) is 5.69 Å². The number of H-pyrrole nitrogens is 1. The van der Waals surface area contributed by atoms with Gasteiger partial charge in [0.2, 0.25) is 0 Å². The second-order valence-corrected chi connectivity index (χ2v) is 7.22. The van der Waals surface area contributed by atoms with Crippen LogP contribution in [0, 0.1) is 0 Å². The van der Waals surface area contributed by atoms with Gasteiger partial charge in [-0.15, -0.1) is 0 Å². The van der Waals surface area contributed by atoms with E-state index in [0.717, 1.165) is 11.3 Å². The number of carbonyl (C=O) groups is 2. The lowest BCUT2D eigenvalue weighted by atomic mass is 9.92. The molecule has 1 amide bonds. The average Bonchev–Trinajstić information content (AvgIpc) is 3.29. The van der Waals surface area contributed by atoms with Crippen LogP contribution in [0.2, 0.25) is 0 Å². The van der Waals surface area contributed by atoms with Crippen LogP contribution in [-0.2, 0) is 12.0 Å². The Morgan fingerprint density at radius 1 is 1.19 bits per heavy atom. The lowest BCUT2D eigenvalue weighted by molar-refractivity contribution is 0.0689. The molecule has 0 aliphatic rings. The number of hydrogen-bond donors (Lipinski definition) is 3. The van der Waals surface area contributed by atoms with E-state index >= 15 is 0 Å². The van der Waals surface area contributed by atoms with Crippen LogP contribution in [0.5, 0.6) is 0 Å². The second-order valence-electron chi connectivity index (χ2n) is 7.22. The molecule has 8 heteroatoms. The van der Waals surface area contributed by atoms with E-state index in [1.807, 2.05) is 45.0 Å². The van der Waals surface area contributed by atoms with Gasteiger partial charge in [-0.05, 0) is 29.8 Å². The van der Waals surface area contributed by atoms with E-state index in [9.17, 15) is 9.59 Å². The molecule has 8 nitrogen and oxygen atoms in total. The Kier molecular flexibility index (Phi) is 4.81. The number of aromatic amines is 1. The quantitative estimate of drug-likeness (QED) is 0.641. The molecule has 1 aromatic carbocycles. The first kappa shape index (κ1) is 18.4. The van der Waals surface area contributed by atoms with Crippen LogP contribution in [0.4, 0.5) is 0 Å². The van der Waals surface area contributed by atoms with E-state index < -0.39 is 5.97 Å². The van der Waals surface area contributed by atoms with Crippen molar-refractivity contribution >= 4 is 11.9 Å². The average molecular weight is 367 g/mol. The van der Waals surface area contributed by atoms with E-state index in [4.69, 9.17) is 5.11 Å². The molecule has 0 aliphatic heterocycles. The summed E-state index contributed by atoms with van der Waals surface area (Å²) >= 11 is 0. The third-order valence-corrected chi connectivity index (χ3v) is 4.05. The third-order valence-electron chi connectivity index (χ3n) is 4.05. The van der Waals surface area contributed by atoms with Crippen LogP contribution in [0.3, 0.4) is 0 Å². The fourth-order valence-electron chi connectivity index (χ4n) is 2.49. The van der Waals surface area contributed by atoms with Gasteiger partial charge in [0.25, 0.3) is 5.91 Å². The molecule has 0 bridgehead atoms. The van der Waals surface area contributed by atoms with Crippen molar-refractivity contribution in [3.8, 4) is 5.69 Å². The van der Waals surface area contributed by atoms with Crippen molar-refractivity contribution in [1.82, 2.24) is 25.3 Å². The fourth-order valence-corrected chi connectivity index (χ4v) is 2.49. The Labute approximate surface area is 156 Å². The molecule has 0 atom stereocenters. The summed E-state index contributed by atoms with van der Waals surface area (Å²) in [6, 6.07) is 10.5. The van der Waals surface area contributed by atoms with E-state index in [0.29, 0.717) is 17.9 Å². The van der Waals surface area contributed by atoms with Crippen molar-refractivity contribution in [3.63, 3.8) is 0 Å². The van der Waals surface area contributed by atoms with Crippen LogP contribution < -0.4 is 5.32 Å². The monoisotopic (exact) mass is 367 g/mol. The SMILES string of the molecule is CC(C)(C)c1cc(C(=O)NCc2cccc(-n3ccc(C(=O)O)n3)c2)n[nH]1. The number of carbonyl (C=O) groups excluding carboxylic acids is 1. The van der Waals surface area contributed by atoms with Crippen LogP contribution in [0.15, 0.2) is 42.6 Å². The van der Waals surface area contributed by atoms with Crippen molar-refractivity contribution in [3.05, 3.63) is 65.2 Å². The highest BCUT2D eigenvalue weighted by molar-refractivity contribution is 5.92. The van der Waals surface area contributed by atoms with Crippen molar-refractivity contribution in [2.75, 3.05) is 0 Å². The highest BCUT2D eigenvalue weighted by atomic mass is 16.4. The molecule has 2 aromatic heterocycles. The minimum absolute atomic E-state index is 0.0260. The van der Waals surface area contributed by atoms with Crippen molar-refractivity contribution < 1.29 is 14.7 Å². The van der Waals surface area contributed by atoms with Crippen molar-refractivity contribution in [2.24, 2.45) is 0 Å². The topological polar surface area (TPSA) is 113 Å². The Balaban J connectivity index is 1.68. The summed E-state index contributed by atoms with van der Waals surface area (Å²) in [7, 11) is 0. The summed E-state index contributed by atoms with van der Waals surface area (Å²) in [5.74, 6) is -1.34. The van der Waals surface area contributed by atoms with Crippen LogP contribution >= 0.6 is 0 Å². The number of rotatable bonds is 5. The van der Waals surface area contributed by atoms with E-state index in [-0.39, 0.29) is 17.0 Å². The van der Waals surface area contributed by atoms with Crippen LogP contribution in [0.25, 0.3) is 5.69 Å². The minimum Gasteiger partial charge on any atom is -0.476 e. The smallest absolute Gasteiger partial charge is 0.356 e. The molecule has 0 saturated carbocycles. The number of benzene rings is 1. The highest BCUT2D eigenvalue weighted by Gasteiger charge is 2.19. The summed E-state index contributed by atoms with van der Waals surface area (Å²) in [5, 5.41) is 22.8. The number of hydrogen-bond acceptors (Lipinski definition) is 4. The zero-order chi connectivity index (χ0) is 19.6. The van der Waals surface area contributed by atoms with E-state index in [2.05, 4.69) is 20.6 Å². The molecule has 3 N–H and O–H groups in total. The predicted molar refractivity (Wildman–Crippen MR) is 99.0 cm³/mol. The molecule has 27 heavy (non-hydrogen) atoms. The standard InChI is InChI=1S/C19H21N5O3/c1-19(2,3)16-10-15(21-22-16)17(25)20-11-12-5-4-6-13(9-12)24-8-7-14(23-24)18(26)27/h4-10H,11H2,1-3H3,(H,20,25)(H,21,22)(H,26,27). The molecule has 2 heterocycles. The zero-order valence-electron chi connectivity index (χ0n) is 15.4. The molecule has 0 fully saturated rings. The Hall–Kier alpha value is -3.42. The van der Waals surface area contributed by atoms with E-state index in [1.165, 1.54) is 10.7 Å². The zero-order valence-corrected chi connectivity index (χ0v) is 15.4. The maximum absolute atomic E-state index is 12.3. The van der Waals surface area contributed by atoms with Gasteiger partial charge in [-0.2, -0.15) is 10.2 Å². The first-order valence-electron chi connectivity index (χ1n) is 8.46. The third kappa shape index (κ3) is 4.22. The number of amides is 1. The lowest BCUT2D eigenvalue weighted by Gasteiger charge is -2.14. The Morgan fingerprint density at radius 3 is 2.59 bits per heavy atom. The first-order chi connectivity index (χ1) is 12.7. The molecule has 0 spiro atoms. The normalized spacial score (nSPS) is 11.4. The molecular formula is C19H21N5O3. The summed E-state index contributed by atoms with van der Waals surface area (Å²) in [6.07, 6.45) is 1.58. The summed E-state index contributed by atoms with van der Waals surface area (Å²) < 4.78 is 1.48. The van der Waals surface area contributed by atoms with Gasteiger partial charge in [-0.25, -0.2) is 9.48 Å². The summed E-state index contributed by atoms with van der Waals surface area (Å²) in [6.45, 7) is 6.44. The number of aromatic nitrogens is 4. The fraction of sp³-hybridized carbons (Fsp3) is 0.263. The van der Waals surface area contributed by atoms with Crippen molar-refractivity contribution in [1.29, 1.82) is 0 Å². The molecule has 0 unspecified atom stereocenters. The summed E-state index contributed by atoms with van der Waals surface area (Å²) in [5.41, 5.74) is 2.67. The van der Waals surface area contributed by atoms with Crippen LogP contribution in [0.1, 0.15) is 53.0 Å². The Morgan fingerprint density at radius 2 is 1.96 bits per heavy atom. The molecular weight excluding hydrogens is 346 g/mol. The summed E-state index contributed by atoms with van der Waals surface area (Å²) in [4.78, 5) is 23.3. The minimum atomic E-state index is -1.08. The Bertz CT molecular complexity index is 981. The largest absolute Gasteiger partial charge is 0.476 e. The molecule has 140 valence electrons. The number of aromatic carboxylic acids is 1. The van der Waals surface area contributed by atoms with Gasteiger partial charge in [0.15, 0.2) is 5.69 Å². The van der Waals surface area contributed by atoms with Gasteiger partial charge >= 0.3 is 5.97 Å². The number of carboxylic acids is 1. The van der Waals surface area contributed by atoms with Gasteiger partial charge in [-0.1, -0.05) is 32.9 Å². The van der Waals surface area contributed by atoms with Gasteiger partial charge < -0.3 is 10.4 Å². The van der Waals surface area contributed by atoms with Crippen molar-refractivity contribution in [2.45, 2.75) is 32.7 Å². The maximum atomic E-state index is 12.3. The molecule has 0 saturated heterocycles. The number of nitrogens with zero attached hydrogens (tertiary/aromatic N) is 3. The number of carboxylic acid groups (broad SMARTS) is 1. The molecule has 0 aliphatic carbocycles. The second kappa shape index (κ2) is 7.06. The predicted octanol–water partition coefficient (Wildman–Crippen LogP) is 2.52. The molecule has 3 rings (SSSR count). The lowest BCUT2D eigenvalue weighted by Crippen LogP contribution is -2.23. The van der Waals surface area contributed by atoms with Gasteiger partial charge in [0, 0.05) is 23.9 Å².